The van der Waals surface area contributed by atoms with Crippen LogP contribution in [0.2, 0.25) is 0 Å². The average molecular weight is 408 g/mol. The maximum Gasteiger partial charge on any atom is 0.261 e. The summed E-state index contributed by atoms with van der Waals surface area (Å²) in [6, 6.07) is 4.87. The summed E-state index contributed by atoms with van der Waals surface area (Å²) < 4.78 is 5.55. The number of benzene rings is 1. The van der Waals surface area contributed by atoms with E-state index in [1.165, 1.54) is 4.90 Å². The van der Waals surface area contributed by atoms with Gasteiger partial charge in [-0.05, 0) is 56.5 Å². The molecule has 0 bridgehead atoms. The topological polar surface area (TPSA) is 87.7 Å². The number of nitrogens with one attached hydrogen (secondary N) is 2. The maximum absolute atomic E-state index is 12.7. The number of rotatable bonds is 4. The number of halogens is 1. The zero-order valence-corrected chi connectivity index (χ0v) is 16.7. The van der Waals surface area contributed by atoms with Crippen LogP contribution in [0.15, 0.2) is 18.2 Å². The summed E-state index contributed by atoms with van der Waals surface area (Å²) in [4.78, 5) is 39.2. The zero-order valence-electron chi connectivity index (χ0n) is 15.9. The van der Waals surface area contributed by atoms with Gasteiger partial charge in [0, 0.05) is 18.2 Å². The van der Waals surface area contributed by atoms with Gasteiger partial charge in [0.2, 0.25) is 0 Å². The summed E-state index contributed by atoms with van der Waals surface area (Å²) in [5.41, 5.74) is 1.09. The molecule has 0 saturated carbocycles. The van der Waals surface area contributed by atoms with E-state index >= 15 is 0 Å². The van der Waals surface area contributed by atoms with Crippen molar-refractivity contribution in [1.29, 1.82) is 0 Å². The molecule has 3 amide bonds. The molecule has 0 aromatic heterocycles. The molecule has 2 N–H and O–H groups in total. The molecule has 7 nitrogen and oxygen atoms in total. The van der Waals surface area contributed by atoms with Crippen molar-refractivity contribution < 1.29 is 19.1 Å². The first-order chi connectivity index (χ1) is 13.0. The minimum absolute atomic E-state index is 0. The van der Waals surface area contributed by atoms with E-state index in [0.29, 0.717) is 29.2 Å². The molecule has 0 aliphatic carbocycles. The Labute approximate surface area is 170 Å². The standard InChI is InChI=1S/C20H25N3O4.ClH/c1-12-10-21-7-6-17(12)22-18(24)13-4-5-15-16(9-13)20(26)23(19(15)25)11-14-3-2-8-27-14;/h4-5,9,12,14,17,21H,2-3,6-8,10-11H2,1H3,(H,22,24);1H. The molecular formula is C20H26ClN3O4. The molecule has 8 heteroatoms. The van der Waals surface area contributed by atoms with Gasteiger partial charge < -0.3 is 15.4 Å². The van der Waals surface area contributed by atoms with E-state index in [2.05, 4.69) is 17.6 Å². The fraction of sp³-hybridized carbons (Fsp3) is 0.550. The van der Waals surface area contributed by atoms with Crippen molar-refractivity contribution in [1.82, 2.24) is 15.5 Å². The second-order valence-corrected chi connectivity index (χ2v) is 7.67. The van der Waals surface area contributed by atoms with Gasteiger partial charge in [-0.2, -0.15) is 0 Å². The van der Waals surface area contributed by atoms with E-state index in [9.17, 15) is 14.4 Å². The molecule has 1 aromatic carbocycles. The highest BCUT2D eigenvalue weighted by atomic mass is 35.5. The zero-order chi connectivity index (χ0) is 19.0. The van der Waals surface area contributed by atoms with E-state index in [4.69, 9.17) is 4.74 Å². The van der Waals surface area contributed by atoms with Gasteiger partial charge in [0.05, 0.1) is 23.8 Å². The van der Waals surface area contributed by atoms with Gasteiger partial charge in [0.1, 0.15) is 0 Å². The highest BCUT2D eigenvalue weighted by Gasteiger charge is 2.38. The predicted octanol–water partition coefficient (Wildman–Crippen LogP) is 1.61. The second kappa shape index (κ2) is 8.59. The number of imide groups is 1. The number of carbonyl (C=O) groups is 3. The lowest BCUT2D eigenvalue weighted by Gasteiger charge is -2.30. The number of hydrogen-bond donors (Lipinski definition) is 2. The number of ether oxygens (including phenoxy) is 1. The maximum atomic E-state index is 12.7. The van der Waals surface area contributed by atoms with Crippen molar-refractivity contribution in [3.05, 3.63) is 34.9 Å². The Morgan fingerprint density at radius 3 is 2.75 bits per heavy atom. The number of hydrogen-bond acceptors (Lipinski definition) is 5. The second-order valence-electron chi connectivity index (χ2n) is 7.67. The Kier molecular flexibility index (Phi) is 6.37. The van der Waals surface area contributed by atoms with Crippen LogP contribution in [0.25, 0.3) is 0 Å². The van der Waals surface area contributed by atoms with Crippen LogP contribution in [0.3, 0.4) is 0 Å². The van der Waals surface area contributed by atoms with Crippen molar-refractivity contribution in [3.8, 4) is 0 Å². The van der Waals surface area contributed by atoms with E-state index in [1.807, 2.05) is 0 Å². The van der Waals surface area contributed by atoms with Gasteiger partial charge in [-0.3, -0.25) is 19.3 Å². The molecule has 3 unspecified atom stereocenters. The Morgan fingerprint density at radius 2 is 2.04 bits per heavy atom. The minimum Gasteiger partial charge on any atom is -0.376 e. The molecule has 4 rings (SSSR count). The predicted molar refractivity (Wildman–Crippen MR) is 106 cm³/mol. The van der Waals surface area contributed by atoms with Crippen molar-refractivity contribution >= 4 is 30.1 Å². The molecule has 2 fully saturated rings. The highest BCUT2D eigenvalue weighted by molar-refractivity contribution is 6.22. The molecule has 3 aliphatic rings. The minimum atomic E-state index is -0.338. The fourth-order valence-corrected chi connectivity index (χ4v) is 4.07. The number of amides is 3. The monoisotopic (exact) mass is 407 g/mol. The third kappa shape index (κ3) is 3.92. The molecule has 3 aliphatic heterocycles. The van der Waals surface area contributed by atoms with Crippen molar-refractivity contribution in [2.45, 2.75) is 38.3 Å². The van der Waals surface area contributed by atoms with Crippen molar-refractivity contribution in [2.75, 3.05) is 26.2 Å². The van der Waals surface area contributed by atoms with Gasteiger partial charge in [-0.15, -0.1) is 12.4 Å². The van der Waals surface area contributed by atoms with Crippen LogP contribution in [-0.4, -0.2) is 61.0 Å². The van der Waals surface area contributed by atoms with Gasteiger partial charge in [0.15, 0.2) is 0 Å². The largest absolute Gasteiger partial charge is 0.376 e. The van der Waals surface area contributed by atoms with E-state index in [0.717, 1.165) is 32.4 Å². The normalized spacial score (nSPS) is 26.8. The molecule has 3 atom stereocenters. The third-order valence-electron chi connectivity index (χ3n) is 5.74. The molecule has 1 aromatic rings. The van der Waals surface area contributed by atoms with Gasteiger partial charge >= 0.3 is 0 Å². The molecule has 152 valence electrons. The lowest BCUT2D eigenvalue weighted by Crippen LogP contribution is -2.48. The number of nitrogens with zero attached hydrogens (tertiary/aromatic N) is 1. The van der Waals surface area contributed by atoms with Gasteiger partial charge in [-0.25, -0.2) is 0 Å². The quantitative estimate of drug-likeness (QED) is 0.740. The van der Waals surface area contributed by atoms with E-state index < -0.39 is 0 Å². The lowest BCUT2D eigenvalue weighted by atomic mass is 9.95. The van der Waals surface area contributed by atoms with E-state index in [-0.39, 0.29) is 48.8 Å². The van der Waals surface area contributed by atoms with Crippen LogP contribution in [0.5, 0.6) is 0 Å². The number of fused-ring (bicyclic) bond motifs is 1. The molecule has 28 heavy (non-hydrogen) atoms. The average Bonchev–Trinajstić information content (AvgIpc) is 3.26. The van der Waals surface area contributed by atoms with Crippen LogP contribution < -0.4 is 10.6 Å². The van der Waals surface area contributed by atoms with Crippen molar-refractivity contribution in [2.24, 2.45) is 5.92 Å². The van der Waals surface area contributed by atoms with Crippen LogP contribution in [0.4, 0.5) is 0 Å². The van der Waals surface area contributed by atoms with Crippen LogP contribution in [0, 0.1) is 5.92 Å². The fourth-order valence-electron chi connectivity index (χ4n) is 4.07. The summed E-state index contributed by atoms with van der Waals surface area (Å²) in [6.07, 6.45) is 2.60. The first-order valence-electron chi connectivity index (χ1n) is 9.68. The Bertz CT molecular complexity index is 779. The SMILES string of the molecule is CC1CNCCC1NC(=O)c1ccc2c(c1)C(=O)N(CC1CCCO1)C2=O.Cl. The Morgan fingerprint density at radius 1 is 1.25 bits per heavy atom. The summed E-state index contributed by atoms with van der Waals surface area (Å²) >= 11 is 0. The van der Waals surface area contributed by atoms with Crippen LogP contribution in [-0.2, 0) is 4.74 Å². The van der Waals surface area contributed by atoms with Crippen LogP contribution in [0.1, 0.15) is 57.3 Å². The molecule has 0 radical (unpaired) electrons. The van der Waals surface area contributed by atoms with Gasteiger partial charge in [0.25, 0.3) is 17.7 Å². The number of carbonyl (C=O) groups excluding carboxylic acids is 3. The molecule has 0 spiro atoms. The summed E-state index contributed by atoms with van der Waals surface area (Å²) in [5.74, 6) is -0.489. The number of piperidine rings is 1. The van der Waals surface area contributed by atoms with Crippen molar-refractivity contribution in [3.63, 3.8) is 0 Å². The summed E-state index contributed by atoms with van der Waals surface area (Å²) in [6.45, 7) is 4.81. The smallest absolute Gasteiger partial charge is 0.261 e. The Balaban J connectivity index is 0.00000225. The lowest BCUT2D eigenvalue weighted by molar-refractivity contribution is 0.0475. The third-order valence-corrected chi connectivity index (χ3v) is 5.74. The Hall–Kier alpha value is -1.96. The first-order valence-corrected chi connectivity index (χ1v) is 9.68. The summed E-state index contributed by atoms with van der Waals surface area (Å²) in [7, 11) is 0. The first kappa shape index (κ1) is 20.8. The van der Waals surface area contributed by atoms with E-state index in [1.54, 1.807) is 18.2 Å². The molecular weight excluding hydrogens is 382 g/mol. The summed E-state index contributed by atoms with van der Waals surface area (Å²) in [5, 5.41) is 6.37. The molecule has 2 saturated heterocycles. The molecule has 3 heterocycles. The highest BCUT2D eigenvalue weighted by Crippen LogP contribution is 2.26. The van der Waals surface area contributed by atoms with Crippen LogP contribution >= 0.6 is 12.4 Å². The van der Waals surface area contributed by atoms with Gasteiger partial charge in [-0.1, -0.05) is 6.92 Å².